The number of unbranched alkanes of at least 4 members (excludes halogenated alkanes) is 1. The van der Waals surface area contributed by atoms with Gasteiger partial charge in [0.05, 0.1) is 12.8 Å². The van der Waals surface area contributed by atoms with Crippen molar-refractivity contribution >= 4 is 17.5 Å². The molecule has 3 rings (SSSR count). The normalized spacial score (nSPS) is 18.1. The minimum Gasteiger partial charge on any atom is -0.498 e. The Kier molecular flexibility index (Phi) is 7.14. The molecule has 29 heavy (non-hydrogen) atoms. The molecule has 0 spiro atoms. The van der Waals surface area contributed by atoms with Gasteiger partial charge in [-0.2, -0.15) is 0 Å². The number of allylic oxidation sites excluding steroid dienone is 3. The summed E-state index contributed by atoms with van der Waals surface area (Å²) in [7, 11) is 1.56. The summed E-state index contributed by atoms with van der Waals surface area (Å²) in [6.45, 7) is 3.06. The van der Waals surface area contributed by atoms with Gasteiger partial charge in [-0.3, -0.25) is 9.59 Å². The maximum Gasteiger partial charge on any atom is 0.282 e. The molecule has 0 aromatic heterocycles. The number of carbonyl (C=O) groups excluding carboxylic acids is 2. The summed E-state index contributed by atoms with van der Waals surface area (Å²) in [5.41, 5.74) is 2.34. The Morgan fingerprint density at radius 3 is 2.72 bits per heavy atom. The second-order valence-electron chi connectivity index (χ2n) is 6.85. The SMILES string of the molecule is CCCCOC1C(OC)=CC=C2C=C(C(=O)NCCc3ccccc3)C(=O)N=C21. The summed E-state index contributed by atoms with van der Waals surface area (Å²) in [4.78, 5) is 29.2. The van der Waals surface area contributed by atoms with Gasteiger partial charge in [-0.25, -0.2) is 4.99 Å². The number of ether oxygens (including phenoxy) is 2. The van der Waals surface area contributed by atoms with Crippen LogP contribution in [0.15, 0.2) is 70.5 Å². The van der Waals surface area contributed by atoms with Gasteiger partial charge in [0.15, 0.2) is 6.10 Å². The lowest BCUT2D eigenvalue weighted by atomic mass is 9.93. The highest BCUT2D eigenvalue weighted by atomic mass is 16.5. The fourth-order valence-corrected chi connectivity index (χ4v) is 3.17. The third-order valence-electron chi connectivity index (χ3n) is 4.79. The minimum absolute atomic E-state index is 0.0367. The molecule has 0 bridgehead atoms. The molecule has 6 nitrogen and oxygen atoms in total. The van der Waals surface area contributed by atoms with Crippen LogP contribution in [0.5, 0.6) is 0 Å². The number of dihydropyridines is 1. The lowest BCUT2D eigenvalue weighted by Crippen LogP contribution is -2.36. The van der Waals surface area contributed by atoms with E-state index in [0.717, 1.165) is 18.4 Å². The number of fused-ring (bicyclic) bond motifs is 1. The molecule has 152 valence electrons. The van der Waals surface area contributed by atoms with Crippen LogP contribution in [0.3, 0.4) is 0 Å². The Balaban J connectivity index is 1.68. The third-order valence-corrected chi connectivity index (χ3v) is 4.79. The third kappa shape index (κ3) is 5.09. The number of carbonyl (C=O) groups is 2. The molecule has 2 amide bonds. The van der Waals surface area contributed by atoms with Crippen molar-refractivity contribution in [3.05, 3.63) is 71.0 Å². The number of hydrogen-bond acceptors (Lipinski definition) is 4. The standard InChI is InChI=1S/C23H26N2O4/c1-3-4-14-29-21-19(28-2)11-10-17-15-18(23(27)25-20(17)21)22(26)24-13-12-16-8-6-5-7-9-16/h5-11,15,21H,3-4,12-14H2,1-2H3,(H,24,26). The van der Waals surface area contributed by atoms with Gasteiger partial charge in [-0.15, -0.1) is 0 Å². The van der Waals surface area contributed by atoms with Crippen molar-refractivity contribution < 1.29 is 19.1 Å². The molecule has 1 heterocycles. The molecule has 0 saturated heterocycles. The van der Waals surface area contributed by atoms with E-state index in [1.54, 1.807) is 25.3 Å². The van der Waals surface area contributed by atoms with E-state index in [9.17, 15) is 9.59 Å². The molecule has 0 radical (unpaired) electrons. The first-order valence-electron chi connectivity index (χ1n) is 9.88. The number of methoxy groups -OCH3 is 1. The second-order valence-corrected chi connectivity index (χ2v) is 6.85. The molecule has 1 unspecified atom stereocenters. The highest BCUT2D eigenvalue weighted by Crippen LogP contribution is 2.26. The molecular formula is C23H26N2O4. The number of rotatable bonds is 9. The largest absolute Gasteiger partial charge is 0.498 e. The van der Waals surface area contributed by atoms with Gasteiger partial charge in [0.1, 0.15) is 11.3 Å². The smallest absolute Gasteiger partial charge is 0.282 e. The predicted molar refractivity (Wildman–Crippen MR) is 112 cm³/mol. The Bertz CT molecular complexity index is 881. The maximum absolute atomic E-state index is 12.5. The first-order chi connectivity index (χ1) is 14.1. The molecule has 1 aromatic rings. The van der Waals surface area contributed by atoms with Crippen molar-refractivity contribution in [3.8, 4) is 0 Å². The molecule has 6 heteroatoms. The molecular weight excluding hydrogens is 368 g/mol. The summed E-state index contributed by atoms with van der Waals surface area (Å²) < 4.78 is 11.3. The number of aliphatic imine (C=N–C) groups is 1. The monoisotopic (exact) mass is 394 g/mol. The number of nitrogens with zero attached hydrogens (tertiary/aromatic N) is 1. The summed E-state index contributed by atoms with van der Waals surface area (Å²) in [6, 6.07) is 9.86. The van der Waals surface area contributed by atoms with E-state index >= 15 is 0 Å². The fraction of sp³-hybridized carbons (Fsp3) is 0.348. The van der Waals surface area contributed by atoms with E-state index in [-0.39, 0.29) is 5.57 Å². The zero-order valence-corrected chi connectivity index (χ0v) is 16.8. The highest BCUT2D eigenvalue weighted by molar-refractivity contribution is 6.27. The molecule has 2 aliphatic rings. The van der Waals surface area contributed by atoms with Crippen LogP contribution < -0.4 is 5.32 Å². The predicted octanol–water partition coefficient (Wildman–Crippen LogP) is 2.91. The molecule has 0 saturated carbocycles. The Morgan fingerprint density at radius 2 is 2.00 bits per heavy atom. The van der Waals surface area contributed by atoms with Crippen molar-refractivity contribution in [2.45, 2.75) is 32.3 Å². The zero-order valence-electron chi connectivity index (χ0n) is 16.8. The van der Waals surface area contributed by atoms with E-state index in [1.165, 1.54) is 0 Å². The molecule has 1 aromatic carbocycles. The van der Waals surface area contributed by atoms with Crippen molar-refractivity contribution in [3.63, 3.8) is 0 Å². The Hall–Kier alpha value is -2.99. The van der Waals surface area contributed by atoms with Gasteiger partial charge in [0, 0.05) is 18.7 Å². The summed E-state index contributed by atoms with van der Waals surface area (Å²) in [5, 5.41) is 2.80. The lowest BCUT2D eigenvalue weighted by Gasteiger charge is -2.27. The first kappa shape index (κ1) is 20.7. The van der Waals surface area contributed by atoms with E-state index in [4.69, 9.17) is 9.47 Å². The van der Waals surface area contributed by atoms with Gasteiger partial charge in [0.2, 0.25) is 0 Å². The number of amides is 2. The van der Waals surface area contributed by atoms with Crippen LogP contribution in [-0.4, -0.2) is 43.9 Å². The minimum atomic E-state index is -0.559. The van der Waals surface area contributed by atoms with Crippen molar-refractivity contribution in [1.29, 1.82) is 0 Å². The molecule has 1 aliphatic carbocycles. The number of hydrogen-bond donors (Lipinski definition) is 1. The van der Waals surface area contributed by atoms with Crippen molar-refractivity contribution in [2.24, 2.45) is 4.99 Å². The summed E-state index contributed by atoms with van der Waals surface area (Å²) in [6.07, 6.45) is 7.23. The summed E-state index contributed by atoms with van der Waals surface area (Å²) in [5.74, 6) is -0.379. The molecule has 0 fully saturated rings. The van der Waals surface area contributed by atoms with Crippen LogP contribution in [0.4, 0.5) is 0 Å². The van der Waals surface area contributed by atoms with Gasteiger partial charge >= 0.3 is 0 Å². The van der Waals surface area contributed by atoms with Gasteiger partial charge in [-0.05, 0) is 36.6 Å². The molecule has 1 N–H and O–H groups in total. The number of benzene rings is 1. The topological polar surface area (TPSA) is 77.0 Å². The van der Waals surface area contributed by atoms with Crippen molar-refractivity contribution in [2.75, 3.05) is 20.3 Å². The van der Waals surface area contributed by atoms with Gasteiger partial charge in [-0.1, -0.05) is 43.7 Å². The number of nitrogens with one attached hydrogen (secondary N) is 1. The van der Waals surface area contributed by atoms with Crippen LogP contribution in [0, 0.1) is 0 Å². The zero-order chi connectivity index (χ0) is 20.6. The van der Waals surface area contributed by atoms with E-state index in [1.807, 2.05) is 30.3 Å². The Morgan fingerprint density at radius 1 is 1.21 bits per heavy atom. The average Bonchev–Trinajstić information content (AvgIpc) is 2.74. The van der Waals surface area contributed by atoms with E-state index in [0.29, 0.717) is 36.6 Å². The second kappa shape index (κ2) is 9.98. The highest BCUT2D eigenvalue weighted by Gasteiger charge is 2.33. The van der Waals surface area contributed by atoms with Crippen LogP contribution in [0.25, 0.3) is 0 Å². The van der Waals surface area contributed by atoms with Crippen molar-refractivity contribution in [1.82, 2.24) is 5.32 Å². The maximum atomic E-state index is 12.5. The first-order valence-corrected chi connectivity index (χ1v) is 9.88. The van der Waals surface area contributed by atoms with E-state index in [2.05, 4.69) is 17.2 Å². The fourth-order valence-electron chi connectivity index (χ4n) is 3.17. The van der Waals surface area contributed by atoms with E-state index < -0.39 is 17.9 Å². The molecule has 1 aliphatic heterocycles. The van der Waals surface area contributed by atoms with Crippen LogP contribution in [-0.2, 0) is 25.5 Å². The molecule has 1 atom stereocenters. The average molecular weight is 394 g/mol. The summed E-state index contributed by atoms with van der Waals surface area (Å²) >= 11 is 0. The van der Waals surface area contributed by atoms with Crippen LogP contribution in [0.2, 0.25) is 0 Å². The van der Waals surface area contributed by atoms with Gasteiger partial charge < -0.3 is 14.8 Å². The van der Waals surface area contributed by atoms with Gasteiger partial charge in [0.25, 0.3) is 11.8 Å². The van der Waals surface area contributed by atoms with Crippen LogP contribution in [0.1, 0.15) is 25.3 Å². The quantitative estimate of drug-likeness (QED) is 0.516. The lowest BCUT2D eigenvalue weighted by molar-refractivity contribution is -0.122. The Labute approximate surface area is 171 Å². The van der Waals surface area contributed by atoms with Crippen LogP contribution >= 0.6 is 0 Å².